The Bertz CT molecular complexity index is 345. The van der Waals surface area contributed by atoms with E-state index in [1.165, 1.54) is 6.92 Å². The predicted octanol–water partition coefficient (Wildman–Crippen LogP) is 0.449. The van der Waals surface area contributed by atoms with Crippen LogP contribution in [0.2, 0.25) is 0 Å². The molecular formula is C7H16FNO6P2. The van der Waals surface area contributed by atoms with Gasteiger partial charge in [0.25, 0.3) is 0 Å². The Morgan fingerprint density at radius 2 is 1.47 bits per heavy atom. The molecule has 1 rings (SSSR count). The molecule has 0 atom stereocenters. The second kappa shape index (κ2) is 4.70. The van der Waals surface area contributed by atoms with Gasteiger partial charge in [0.05, 0.1) is 0 Å². The highest BCUT2D eigenvalue weighted by molar-refractivity contribution is 7.70. The van der Waals surface area contributed by atoms with E-state index < -0.39 is 26.4 Å². The van der Waals surface area contributed by atoms with Gasteiger partial charge in [0.1, 0.15) is 5.67 Å². The van der Waals surface area contributed by atoms with E-state index in [2.05, 4.69) is 0 Å². The standard InChI is InChI=1S/C7H16FNO6P2/c1-7(8)2-4-9(5-3-7)6(16(10,11)12)17(13,14)15/h6H,2-5H2,1H3,(H2,10,11,12)(H2,13,14,15). The third kappa shape index (κ3) is 4.10. The van der Waals surface area contributed by atoms with Crippen molar-refractivity contribution >= 4 is 15.2 Å². The molecule has 102 valence electrons. The highest BCUT2D eigenvalue weighted by Gasteiger charge is 2.49. The van der Waals surface area contributed by atoms with Gasteiger partial charge >= 0.3 is 15.2 Å². The summed E-state index contributed by atoms with van der Waals surface area (Å²) in [6.45, 7) is 1.18. The SMILES string of the molecule is CC1(F)CCN(C(P(=O)(O)O)P(=O)(O)O)CC1. The first-order chi connectivity index (χ1) is 7.43. The lowest BCUT2D eigenvalue weighted by Gasteiger charge is -2.38. The summed E-state index contributed by atoms with van der Waals surface area (Å²) in [6.07, 6.45) is -0.0208. The van der Waals surface area contributed by atoms with E-state index in [1.54, 1.807) is 0 Å². The fourth-order valence-corrected chi connectivity index (χ4v) is 4.72. The van der Waals surface area contributed by atoms with E-state index in [0.717, 1.165) is 4.90 Å². The Morgan fingerprint density at radius 3 is 1.76 bits per heavy atom. The van der Waals surface area contributed by atoms with Crippen LogP contribution in [0, 0.1) is 0 Å². The number of hydrogen-bond acceptors (Lipinski definition) is 3. The number of rotatable bonds is 3. The molecule has 7 nitrogen and oxygen atoms in total. The maximum atomic E-state index is 13.5. The zero-order valence-electron chi connectivity index (χ0n) is 9.23. The van der Waals surface area contributed by atoms with Gasteiger partial charge < -0.3 is 19.6 Å². The van der Waals surface area contributed by atoms with Crippen molar-refractivity contribution in [3.8, 4) is 0 Å². The molecule has 0 aromatic carbocycles. The van der Waals surface area contributed by atoms with Crippen molar-refractivity contribution < 1.29 is 33.1 Å². The number of likely N-dealkylation sites (tertiary alicyclic amines) is 1. The minimum atomic E-state index is -4.97. The maximum absolute atomic E-state index is 13.5. The van der Waals surface area contributed by atoms with Gasteiger partial charge in [0.2, 0.25) is 5.52 Å². The molecule has 1 aliphatic rings. The average molecular weight is 291 g/mol. The monoisotopic (exact) mass is 291 g/mol. The van der Waals surface area contributed by atoms with E-state index in [9.17, 15) is 13.5 Å². The van der Waals surface area contributed by atoms with Crippen LogP contribution in [-0.4, -0.2) is 48.8 Å². The maximum Gasteiger partial charge on any atom is 0.354 e. The first kappa shape index (κ1) is 15.2. The van der Waals surface area contributed by atoms with Gasteiger partial charge in [-0.1, -0.05) is 0 Å². The van der Waals surface area contributed by atoms with Crippen LogP contribution in [0.25, 0.3) is 0 Å². The Hall–Kier alpha value is 0.190. The first-order valence-electron chi connectivity index (χ1n) is 4.97. The van der Waals surface area contributed by atoms with Crippen molar-refractivity contribution in [2.45, 2.75) is 31.0 Å². The lowest BCUT2D eigenvalue weighted by atomic mass is 9.96. The van der Waals surface area contributed by atoms with Crippen molar-refractivity contribution in [2.75, 3.05) is 13.1 Å². The van der Waals surface area contributed by atoms with E-state index in [-0.39, 0.29) is 25.9 Å². The summed E-state index contributed by atoms with van der Waals surface area (Å²) in [4.78, 5) is 36.9. The highest BCUT2D eigenvalue weighted by atomic mass is 31.2. The molecule has 10 heteroatoms. The van der Waals surface area contributed by atoms with Crippen molar-refractivity contribution in [2.24, 2.45) is 0 Å². The number of alkyl halides is 1. The average Bonchev–Trinajstić information content (AvgIpc) is 2.03. The quantitative estimate of drug-likeness (QED) is 0.557. The zero-order valence-corrected chi connectivity index (χ0v) is 11.0. The van der Waals surface area contributed by atoms with Gasteiger partial charge in [0, 0.05) is 13.1 Å². The summed E-state index contributed by atoms with van der Waals surface area (Å²) in [5.41, 5.74) is -3.61. The molecular weight excluding hydrogens is 275 g/mol. The summed E-state index contributed by atoms with van der Waals surface area (Å²) in [6, 6.07) is 0. The molecule has 0 spiro atoms. The molecule has 4 N–H and O–H groups in total. The van der Waals surface area contributed by atoms with E-state index >= 15 is 0 Å². The zero-order chi connectivity index (χ0) is 13.5. The summed E-state index contributed by atoms with van der Waals surface area (Å²) in [5, 5.41) is 0. The van der Waals surface area contributed by atoms with Crippen molar-refractivity contribution in [1.29, 1.82) is 0 Å². The molecule has 0 saturated carbocycles. The molecule has 1 aliphatic heterocycles. The summed E-state index contributed by atoms with van der Waals surface area (Å²) >= 11 is 0. The van der Waals surface area contributed by atoms with Gasteiger partial charge in [-0.15, -0.1) is 0 Å². The molecule has 1 heterocycles. The van der Waals surface area contributed by atoms with Crippen LogP contribution in [0.15, 0.2) is 0 Å². The first-order valence-corrected chi connectivity index (χ1v) is 8.33. The number of halogens is 1. The predicted molar refractivity (Wildman–Crippen MR) is 58.2 cm³/mol. The third-order valence-electron chi connectivity index (χ3n) is 2.77. The van der Waals surface area contributed by atoms with Crippen LogP contribution >= 0.6 is 15.2 Å². The molecule has 0 radical (unpaired) electrons. The van der Waals surface area contributed by atoms with Crippen LogP contribution < -0.4 is 0 Å². The smallest absolute Gasteiger partial charge is 0.323 e. The van der Waals surface area contributed by atoms with Crippen molar-refractivity contribution in [3.05, 3.63) is 0 Å². The normalized spacial score (nSPS) is 23.0. The number of hydrogen-bond donors (Lipinski definition) is 4. The summed E-state index contributed by atoms with van der Waals surface area (Å²) < 4.78 is 35.7. The van der Waals surface area contributed by atoms with Crippen molar-refractivity contribution in [3.63, 3.8) is 0 Å². The Labute approximate surface area is 98.0 Å². The van der Waals surface area contributed by atoms with Gasteiger partial charge in [-0.3, -0.25) is 14.0 Å². The molecule has 1 saturated heterocycles. The van der Waals surface area contributed by atoms with Gasteiger partial charge in [-0.25, -0.2) is 4.39 Å². The summed E-state index contributed by atoms with van der Waals surface area (Å²) in [7, 11) is -9.93. The molecule has 0 amide bonds. The van der Waals surface area contributed by atoms with Crippen LogP contribution in [0.3, 0.4) is 0 Å². The van der Waals surface area contributed by atoms with Gasteiger partial charge in [0.15, 0.2) is 0 Å². The minimum absolute atomic E-state index is 0.0104. The topological polar surface area (TPSA) is 118 Å². The van der Waals surface area contributed by atoms with Gasteiger partial charge in [-0.05, 0) is 19.8 Å². The van der Waals surface area contributed by atoms with Crippen LogP contribution in [0.1, 0.15) is 19.8 Å². The van der Waals surface area contributed by atoms with Crippen LogP contribution in [0.5, 0.6) is 0 Å². The van der Waals surface area contributed by atoms with Crippen molar-refractivity contribution in [1.82, 2.24) is 4.90 Å². The molecule has 0 aromatic rings. The van der Waals surface area contributed by atoms with E-state index in [4.69, 9.17) is 19.6 Å². The molecule has 0 aromatic heterocycles. The van der Waals surface area contributed by atoms with Crippen LogP contribution in [0.4, 0.5) is 4.39 Å². The molecule has 0 aliphatic carbocycles. The highest BCUT2D eigenvalue weighted by Crippen LogP contribution is 2.61. The summed E-state index contributed by atoms with van der Waals surface area (Å²) in [5.74, 6) is 0. The number of piperidine rings is 1. The van der Waals surface area contributed by atoms with Crippen LogP contribution in [-0.2, 0) is 9.13 Å². The fourth-order valence-electron chi connectivity index (χ4n) is 1.84. The largest absolute Gasteiger partial charge is 0.354 e. The van der Waals surface area contributed by atoms with Gasteiger partial charge in [-0.2, -0.15) is 0 Å². The van der Waals surface area contributed by atoms with E-state index in [1.807, 2.05) is 0 Å². The molecule has 1 fully saturated rings. The second-order valence-corrected chi connectivity index (χ2v) is 8.22. The lowest BCUT2D eigenvalue weighted by Crippen LogP contribution is -2.45. The molecule has 0 bridgehead atoms. The molecule has 17 heavy (non-hydrogen) atoms. The number of nitrogens with zero attached hydrogens (tertiary/aromatic N) is 1. The minimum Gasteiger partial charge on any atom is -0.323 e. The fraction of sp³-hybridized carbons (Fsp3) is 1.00. The second-order valence-electron chi connectivity index (χ2n) is 4.47. The van der Waals surface area contributed by atoms with E-state index in [0.29, 0.717) is 0 Å². The third-order valence-corrected chi connectivity index (χ3v) is 6.43. The Balaban J connectivity index is 2.89. The lowest BCUT2D eigenvalue weighted by molar-refractivity contribution is 0.0697. The Kier molecular flexibility index (Phi) is 4.22. The Morgan fingerprint density at radius 1 is 1.12 bits per heavy atom. The molecule has 0 unspecified atom stereocenters.